The molecule has 1 aliphatic rings. The summed E-state index contributed by atoms with van der Waals surface area (Å²) in [7, 11) is -2.97. The second-order valence-electron chi connectivity index (χ2n) is 21.5. The first-order valence-corrected chi connectivity index (χ1v) is 21.3. The van der Waals surface area contributed by atoms with Crippen LogP contribution in [0.4, 0.5) is 0 Å². The first-order valence-electron chi connectivity index (χ1n) is 19.3. The van der Waals surface area contributed by atoms with E-state index in [0.717, 1.165) is 12.8 Å². The fourth-order valence-electron chi connectivity index (χ4n) is 7.29. The smallest absolute Gasteiger partial charge is 1.00 e. The van der Waals surface area contributed by atoms with Crippen LogP contribution in [0.2, 0.25) is 0 Å². The molecule has 0 bridgehead atoms. The van der Waals surface area contributed by atoms with Gasteiger partial charge in [-0.25, -0.2) is 5.57 Å². The predicted molar refractivity (Wildman–Crippen MR) is 226 cm³/mol. The van der Waals surface area contributed by atoms with Gasteiger partial charge in [-0.15, -0.1) is 6.42 Å². The molecule has 0 unspecified atom stereocenters. The molecular weight excluding hydrogens is 771 g/mol. The topological polar surface area (TPSA) is 0 Å². The average Bonchev–Trinajstić information content (AvgIpc) is 3.43. The van der Waals surface area contributed by atoms with Crippen LogP contribution in [0.5, 0.6) is 0 Å². The molecule has 0 aromatic heterocycles. The van der Waals surface area contributed by atoms with Crippen molar-refractivity contribution in [1.82, 2.24) is 0 Å². The van der Waals surface area contributed by atoms with Gasteiger partial charge in [0.25, 0.3) is 0 Å². The van der Waals surface area contributed by atoms with Gasteiger partial charge in [0.05, 0.1) is 8.07 Å². The fourth-order valence-corrected chi connectivity index (χ4v) is 12.6. The standard InChI is InChI=1S/C49H71Si.3ClH.Ti/c1-20-33-22-21-23-43(33)50(40-27-34(44(2,3)4)24-35(28-40)45(5,6)7,41-29-36(46(8,9)10)25-37(30-41)47(11,12)13)42-31-38(48(14,15)16)26-39(32-42)49(17,18)19;;;;/h23-32H,20-21H2,1-19H3;3*1H;/q-1;;;;+4/p-3. The summed E-state index contributed by atoms with van der Waals surface area (Å²) in [6.07, 6.45) is 8.35. The molecule has 0 aliphatic heterocycles. The molecule has 1 aliphatic carbocycles. The van der Waals surface area contributed by atoms with Crippen LogP contribution in [0.1, 0.15) is 178 Å². The van der Waals surface area contributed by atoms with Gasteiger partial charge < -0.3 is 37.2 Å². The van der Waals surface area contributed by atoms with Crippen LogP contribution >= 0.6 is 0 Å². The van der Waals surface area contributed by atoms with Crippen LogP contribution in [-0.2, 0) is 54.2 Å². The van der Waals surface area contributed by atoms with E-state index in [2.05, 4.69) is 198 Å². The maximum absolute atomic E-state index is 3.90. The predicted octanol–water partition coefficient (Wildman–Crippen LogP) is 2.96. The number of benzene rings is 3. The molecule has 5 heteroatoms. The van der Waals surface area contributed by atoms with Crippen LogP contribution < -0.4 is 52.8 Å². The third-order valence-corrected chi connectivity index (χ3v) is 15.8. The van der Waals surface area contributed by atoms with Crippen molar-refractivity contribution in [1.29, 1.82) is 0 Å². The summed E-state index contributed by atoms with van der Waals surface area (Å²) in [5.74, 6) is 0. The number of halogens is 3. The molecule has 0 radical (unpaired) electrons. The summed E-state index contributed by atoms with van der Waals surface area (Å²) >= 11 is 0. The molecule has 4 rings (SSSR count). The van der Waals surface area contributed by atoms with Crippen molar-refractivity contribution < 1.29 is 58.9 Å². The van der Waals surface area contributed by atoms with E-state index in [4.69, 9.17) is 0 Å². The normalized spacial score (nSPS) is 14.2. The van der Waals surface area contributed by atoms with E-state index < -0.39 is 8.07 Å². The monoisotopic (exact) mass is 840 g/mol. The summed E-state index contributed by atoms with van der Waals surface area (Å²) in [6.45, 7) is 45.3. The molecule has 3 aromatic rings. The Morgan fingerprint density at radius 3 is 0.833 bits per heavy atom. The molecule has 0 fully saturated rings. The second-order valence-corrected chi connectivity index (χ2v) is 25.2. The van der Waals surface area contributed by atoms with E-state index in [1.54, 1.807) is 5.20 Å². The quantitative estimate of drug-likeness (QED) is 0.211. The Labute approximate surface area is 367 Å². The van der Waals surface area contributed by atoms with Crippen LogP contribution in [0.25, 0.3) is 0 Å². The van der Waals surface area contributed by atoms with Gasteiger partial charge in [-0.2, -0.15) is 11.3 Å². The number of allylic oxidation sites excluding steroid dienone is 4. The van der Waals surface area contributed by atoms with Crippen molar-refractivity contribution >= 4 is 23.6 Å². The van der Waals surface area contributed by atoms with Gasteiger partial charge in [-0.3, -0.25) is 6.08 Å². The molecule has 0 N–H and O–H groups in total. The number of hydrogen-bond acceptors (Lipinski definition) is 0. The molecule has 0 heterocycles. The first kappa shape index (κ1) is 52.9. The fraction of sp³-hybridized carbons (Fsp3) is 0.551. The summed E-state index contributed by atoms with van der Waals surface area (Å²) in [5.41, 5.74) is 9.97. The SMILES string of the molecule is CCC1=[C-]CC=C1[Si](c1cc(C(C)(C)C)cc(C(C)(C)C)c1)(c1cc(C(C)(C)C)cc(C(C)(C)C)c1)c1cc(C(C)(C)C)cc(C(C)(C)C)c1.[Cl-].[Cl-].[Cl-].[Ti+4]. The summed E-state index contributed by atoms with van der Waals surface area (Å²) < 4.78 is 0. The van der Waals surface area contributed by atoms with Gasteiger partial charge in [-0.1, -0.05) is 208 Å². The van der Waals surface area contributed by atoms with Crippen molar-refractivity contribution in [2.45, 2.75) is 177 Å². The van der Waals surface area contributed by atoms with Gasteiger partial charge in [0.2, 0.25) is 0 Å². The summed E-state index contributed by atoms with van der Waals surface area (Å²) in [5, 5.41) is 6.07. The Morgan fingerprint density at radius 1 is 0.426 bits per heavy atom. The van der Waals surface area contributed by atoms with E-state index in [-0.39, 0.29) is 91.4 Å². The van der Waals surface area contributed by atoms with Crippen molar-refractivity contribution in [3.05, 3.63) is 111 Å². The minimum atomic E-state index is -2.97. The van der Waals surface area contributed by atoms with Crippen LogP contribution in [-0.4, -0.2) is 8.07 Å². The number of rotatable bonds is 5. The van der Waals surface area contributed by atoms with Gasteiger partial charge in [-0.05, 0) is 65.9 Å². The zero-order chi connectivity index (χ0) is 38.0. The molecule has 0 atom stereocenters. The van der Waals surface area contributed by atoms with Crippen molar-refractivity contribution in [2.24, 2.45) is 0 Å². The Hall–Kier alpha value is -1.06. The zero-order valence-electron chi connectivity index (χ0n) is 37.3. The van der Waals surface area contributed by atoms with Gasteiger partial charge >= 0.3 is 21.7 Å². The molecule has 0 amide bonds. The average molecular weight is 842 g/mol. The molecule has 0 saturated carbocycles. The second kappa shape index (κ2) is 17.8. The van der Waals surface area contributed by atoms with E-state index in [1.165, 1.54) is 54.5 Å². The Morgan fingerprint density at radius 2 is 0.648 bits per heavy atom. The molecule has 54 heavy (non-hydrogen) atoms. The Bertz CT molecular complexity index is 1530. The van der Waals surface area contributed by atoms with E-state index in [1.807, 2.05) is 0 Å². The third kappa shape index (κ3) is 11.1. The van der Waals surface area contributed by atoms with Gasteiger partial charge in [0.1, 0.15) is 0 Å². The third-order valence-electron chi connectivity index (χ3n) is 11.0. The summed E-state index contributed by atoms with van der Waals surface area (Å²) in [6, 6.07) is 23.3. The maximum Gasteiger partial charge on any atom is 4.00 e. The van der Waals surface area contributed by atoms with Gasteiger partial charge in [0, 0.05) is 0 Å². The Balaban J connectivity index is 0.00000702. The minimum Gasteiger partial charge on any atom is -1.00 e. The van der Waals surface area contributed by atoms with Crippen molar-refractivity contribution in [3.63, 3.8) is 0 Å². The zero-order valence-corrected chi connectivity index (χ0v) is 42.2. The van der Waals surface area contributed by atoms with Crippen molar-refractivity contribution in [2.75, 3.05) is 0 Å². The largest absolute Gasteiger partial charge is 4.00 e. The van der Waals surface area contributed by atoms with Gasteiger partial charge in [0.15, 0.2) is 0 Å². The summed E-state index contributed by atoms with van der Waals surface area (Å²) in [4.78, 5) is 0. The molecule has 0 spiro atoms. The first-order chi connectivity index (χ1) is 22.5. The number of hydrogen-bond donors (Lipinski definition) is 0. The molecule has 296 valence electrons. The molecular formula is C49H71Cl3SiTi. The molecule has 3 aromatic carbocycles. The van der Waals surface area contributed by atoms with E-state index >= 15 is 0 Å². The maximum atomic E-state index is 3.90. The van der Waals surface area contributed by atoms with E-state index in [9.17, 15) is 0 Å². The molecule has 0 saturated heterocycles. The van der Waals surface area contributed by atoms with Crippen LogP contribution in [0.3, 0.4) is 0 Å². The minimum absolute atomic E-state index is 0. The van der Waals surface area contributed by atoms with E-state index in [0.29, 0.717) is 0 Å². The van der Waals surface area contributed by atoms with Crippen molar-refractivity contribution in [3.8, 4) is 0 Å². The Kier molecular flexibility index (Phi) is 17.5. The van der Waals surface area contributed by atoms with Crippen LogP contribution in [0.15, 0.2) is 71.4 Å². The van der Waals surface area contributed by atoms with Crippen LogP contribution in [0, 0.1) is 6.08 Å². The molecule has 0 nitrogen and oxygen atoms in total.